The Morgan fingerprint density at radius 3 is 2.17 bits per heavy atom. The third-order valence-corrected chi connectivity index (χ3v) is 0.167. The van der Waals surface area contributed by atoms with Crippen molar-refractivity contribution in [3.8, 4) is 0 Å². The van der Waals surface area contributed by atoms with Gasteiger partial charge in [-0.15, -0.1) is 0 Å². The van der Waals surface area contributed by atoms with Crippen LogP contribution >= 0.6 is 0 Å². The van der Waals surface area contributed by atoms with Crippen molar-refractivity contribution in [2.75, 3.05) is 0 Å². The van der Waals surface area contributed by atoms with Gasteiger partial charge in [0, 0.05) is 0 Å². The van der Waals surface area contributed by atoms with Crippen LogP contribution in [0.3, 0.4) is 0 Å². The molecule has 0 fully saturated rings. The summed E-state index contributed by atoms with van der Waals surface area (Å²) in [5.41, 5.74) is 12.0. The van der Waals surface area contributed by atoms with Crippen LogP contribution in [-0.2, 0) is 0 Å². The van der Waals surface area contributed by atoms with Crippen LogP contribution in [0.25, 0.3) is 0 Å². The van der Waals surface area contributed by atoms with Crippen LogP contribution in [-0.4, -0.2) is 7.21 Å². The molecule has 0 heterocycles. The quantitative estimate of drug-likeness (QED) is 0.280. The molecule has 0 aromatic carbocycles. The first-order chi connectivity index (χ1) is 2.91. The Morgan fingerprint density at radius 1 is 1.33 bits per heavy atom. The Hall–Kier alpha value is -0.935. The van der Waals surface area contributed by atoms with Crippen LogP contribution in [0.2, 0.25) is 0 Å². The Labute approximate surface area is 34.7 Å². The Balaban J connectivity index is 3.17. The summed E-state index contributed by atoms with van der Waals surface area (Å²) in [7, 11) is 0.868. The van der Waals surface area contributed by atoms with E-state index < -0.39 is 0 Å². The average Bonchev–Trinajstić information content (AvgIpc) is 1.61. The van der Waals surface area contributed by atoms with E-state index in [0.717, 1.165) is 7.21 Å². The standard InChI is InChI=1S/BH2N5/c2-4-1-5-6-3/h2-3H. The van der Waals surface area contributed by atoms with E-state index in [0.29, 0.717) is 0 Å². The van der Waals surface area contributed by atoms with Gasteiger partial charge in [-0.25, -0.2) is 0 Å². The second-order valence-electron chi connectivity index (χ2n) is 0.460. The first kappa shape index (κ1) is 5.06. The second kappa shape index (κ2) is 4.06. The molecule has 0 aliphatic rings. The predicted octanol–water partition coefficient (Wildman–Crippen LogP) is 0.766. The van der Waals surface area contributed by atoms with Gasteiger partial charge in [-0.1, -0.05) is 0 Å². The van der Waals surface area contributed by atoms with Gasteiger partial charge >= 0.3 is 33.5 Å². The van der Waals surface area contributed by atoms with Crippen molar-refractivity contribution in [2.24, 2.45) is 15.3 Å². The summed E-state index contributed by atoms with van der Waals surface area (Å²) in [6.07, 6.45) is 0. The minimum atomic E-state index is 0.868. The van der Waals surface area contributed by atoms with E-state index in [-0.39, 0.29) is 0 Å². The monoisotopic (exact) mass is 83.0 g/mol. The van der Waals surface area contributed by atoms with Crippen LogP contribution in [0, 0.1) is 11.1 Å². The molecule has 0 aliphatic carbocycles. The zero-order chi connectivity index (χ0) is 4.83. The van der Waals surface area contributed by atoms with Gasteiger partial charge in [0.1, 0.15) is 0 Å². The summed E-state index contributed by atoms with van der Waals surface area (Å²) >= 11 is 0. The van der Waals surface area contributed by atoms with Crippen LogP contribution < -0.4 is 0 Å². The molecule has 5 nitrogen and oxygen atoms in total. The SMILES string of the molecule is N=NB=NN=N. The zero-order valence-corrected chi connectivity index (χ0v) is 2.92. The molecule has 0 bridgehead atoms. The van der Waals surface area contributed by atoms with Gasteiger partial charge in [0.25, 0.3) is 0 Å². The van der Waals surface area contributed by atoms with Crippen LogP contribution in [0.5, 0.6) is 0 Å². The number of nitrogens with one attached hydrogen (secondary N) is 2. The number of nitrogens with zero attached hydrogens (tertiary/aromatic N) is 3. The fraction of sp³-hybridized carbons (Fsp3) is 0. The molecule has 0 saturated carbocycles. The Morgan fingerprint density at radius 2 is 2.00 bits per heavy atom. The van der Waals surface area contributed by atoms with Gasteiger partial charge in [0.05, 0.1) is 0 Å². The molecule has 0 amide bonds. The molecule has 2 N–H and O–H groups in total. The number of rotatable bonds is 2. The third-order valence-electron chi connectivity index (χ3n) is 0.167. The first-order valence-electron chi connectivity index (χ1n) is 1.16. The average molecular weight is 82.9 g/mol. The first-order valence-corrected chi connectivity index (χ1v) is 1.16. The molecule has 0 radical (unpaired) electrons. The van der Waals surface area contributed by atoms with Crippen molar-refractivity contribution in [1.82, 2.24) is 0 Å². The van der Waals surface area contributed by atoms with Gasteiger partial charge in [-0.2, -0.15) is 0 Å². The van der Waals surface area contributed by atoms with Crippen molar-refractivity contribution in [1.29, 1.82) is 11.1 Å². The third kappa shape index (κ3) is 3.06. The fourth-order valence-electron chi connectivity index (χ4n) is 0.0516. The van der Waals surface area contributed by atoms with Gasteiger partial charge < -0.3 is 0 Å². The summed E-state index contributed by atoms with van der Waals surface area (Å²) in [4.78, 5) is 0. The number of hydrogen-bond acceptors (Lipinski definition) is 3. The van der Waals surface area contributed by atoms with Crippen molar-refractivity contribution in [2.45, 2.75) is 0 Å². The molecule has 6 heavy (non-hydrogen) atoms. The van der Waals surface area contributed by atoms with E-state index in [1.165, 1.54) is 0 Å². The number of hydrogen-bond donors (Lipinski definition) is 2. The van der Waals surface area contributed by atoms with Crippen molar-refractivity contribution >= 4 is 7.21 Å². The molecule has 0 saturated heterocycles. The molecule has 6 heteroatoms. The Kier molecular flexibility index (Phi) is 3.43. The molecular formula is H2BN5. The molecule has 0 spiro atoms. The van der Waals surface area contributed by atoms with E-state index in [2.05, 4.69) is 15.3 Å². The zero-order valence-electron chi connectivity index (χ0n) is 2.92. The van der Waals surface area contributed by atoms with Crippen molar-refractivity contribution < 1.29 is 0 Å². The van der Waals surface area contributed by atoms with E-state index in [4.69, 9.17) is 11.1 Å². The summed E-state index contributed by atoms with van der Waals surface area (Å²) in [6.45, 7) is 0. The second-order valence-corrected chi connectivity index (χ2v) is 0.460. The van der Waals surface area contributed by atoms with E-state index in [1.807, 2.05) is 0 Å². The van der Waals surface area contributed by atoms with Gasteiger partial charge in [0.2, 0.25) is 0 Å². The minimum absolute atomic E-state index is 0.868. The summed E-state index contributed by atoms with van der Waals surface area (Å²) in [6, 6.07) is 0. The molecule has 0 atom stereocenters. The van der Waals surface area contributed by atoms with E-state index >= 15 is 0 Å². The molecule has 0 rings (SSSR count). The fourth-order valence-corrected chi connectivity index (χ4v) is 0.0516. The van der Waals surface area contributed by atoms with E-state index in [1.54, 1.807) is 0 Å². The van der Waals surface area contributed by atoms with Crippen LogP contribution in [0.4, 0.5) is 0 Å². The van der Waals surface area contributed by atoms with Crippen molar-refractivity contribution in [3.63, 3.8) is 0 Å². The molecule has 0 aromatic heterocycles. The van der Waals surface area contributed by atoms with Crippen molar-refractivity contribution in [3.05, 3.63) is 0 Å². The summed E-state index contributed by atoms with van der Waals surface area (Å²) in [5.74, 6) is 0. The molecule has 30 valence electrons. The van der Waals surface area contributed by atoms with E-state index in [9.17, 15) is 0 Å². The van der Waals surface area contributed by atoms with Gasteiger partial charge in [-0.05, 0) is 0 Å². The molecule has 0 unspecified atom stereocenters. The summed E-state index contributed by atoms with van der Waals surface area (Å²) in [5, 5.41) is 8.10. The molecular weight excluding hydrogens is 80.8 g/mol. The molecule has 0 aromatic rings. The normalized spacial score (nSPS) is 7.33. The maximum absolute atomic E-state index is 6.04. The predicted molar refractivity (Wildman–Crippen MR) is 18.5 cm³/mol. The van der Waals surface area contributed by atoms with Gasteiger partial charge in [0.15, 0.2) is 0 Å². The van der Waals surface area contributed by atoms with Crippen LogP contribution in [0.15, 0.2) is 15.3 Å². The Bertz CT molecular complexity index is 62.0. The van der Waals surface area contributed by atoms with Crippen LogP contribution in [0.1, 0.15) is 0 Å². The maximum atomic E-state index is 6.04. The summed E-state index contributed by atoms with van der Waals surface area (Å²) < 4.78 is 0. The topological polar surface area (TPSA) is 84.8 Å². The molecule has 0 aliphatic heterocycles. The van der Waals surface area contributed by atoms with Gasteiger partial charge in [-0.3, -0.25) is 0 Å².